The van der Waals surface area contributed by atoms with Gasteiger partial charge in [0, 0.05) is 25.1 Å². The van der Waals surface area contributed by atoms with Gasteiger partial charge >= 0.3 is 0 Å². The third kappa shape index (κ3) is 2.52. The number of nitrogens with one attached hydrogen (secondary N) is 1. The highest BCUT2D eigenvalue weighted by molar-refractivity contribution is 5.97. The first-order valence-electron chi connectivity index (χ1n) is 6.40. The van der Waals surface area contributed by atoms with Gasteiger partial charge in [0.25, 0.3) is 5.91 Å². The summed E-state index contributed by atoms with van der Waals surface area (Å²) in [5.41, 5.74) is 2.53. The number of benzene rings is 1. The molecule has 0 aliphatic heterocycles. The quantitative estimate of drug-likeness (QED) is 0.856. The lowest BCUT2D eigenvalue weighted by molar-refractivity contribution is 0.0958. The minimum absolute atomic E-state index is 0.0986. The number of hydrogen-bond acceptors (Lipinski definition) is 2. The van der Waals surface area contributed by atoms with Crippen LogP contribution in [0, 0.1) is 0 Å². The van der Waals surface area contributed by atoms with Gasteiger partial charge in [-0.2, -0.15) is 0 Å². The molecule has 2 rings (SSSR count). The topological polar surface area (TPSA) is 46.9 Å². The van der Waals surface area contributed by atoms with Crippen molar-refractivity contribution < 1.29 is 4.79 Å². The standard InChI is InChI=1S/C15H19N3O/c1-5-8-16-15(19)11-6-7-13-12(9-11)17-14(10(2)3)18(13)4/h5-7,9-10H,1,8H2,2-4H3,(H,16,19). The highest BCUT2D eigenvalue weighted by Gasteiger charge is 2.13. The average Bonchev–Trinajstić information content (AvgIpc) is 2.73. The van der Waals surface area contributed by atoms with E-state index in [0.717, 1.165) is 16.9 Å². The molecule has 0 bridgehead atoms. The van der Waals surface area contributed by atoms with Crippen LogP contribution >= 0.6 is 0 Å². The predicted octanol–water partition coefficient (Wildman–Crippen LogP) is 2.61. The zero-order chi connectivity index (χ0) is 14.0. The van der Waals surface area contributed by atoms with E-state index in [2.05, 4.69) is 35.3 Å². The molecule has 0 spiro atoms. The van der Waals surface area contributed by atoms with E-state index in [0.29, 0.717) is 18.0 Å². The fourth-order valence-electron chi connectivity index (χ4n) is 2.14. The van der Waals surface area contributed by atoms with Crippen LogP contribution in [0.2, 0.25) is 0 Å². The molecule has 0 atom stereocenters. The predicted molar refractivity (Wildman–Crippen MR) is 77.3 cm³/mol. The molecule has 1 heterocycles. The summed E-state index contributed by atoms with van der Waals surface area (Å²) in [5.74, 6) is 1.28. The van der Waals surface area contributed by atoms with E-state index >= 15 is 0 Å². The SMILES string of the molecule is C=CCNC(=O)c1ccc2c(c1)nc(C(C)C)n2C. The third-order valence-electron chi connectivity index (χ3n) is 3.10. The molecule has 1 aromatic carbocycles. The maximum Gasteiger partial charge on any atom is 0.251 e. The van der Waals surface area contributed by atoms with Gasteiger partial charge in [0.2, 0.25) is 0 Å². The summed E-state index contributed by atoms with van der Waals surface area (Å²) in [6.07, 6.45) is 1.66. The summed E-state index contributed by atoms with van der Waals surface area (Å²) >= 11 is 0. The number of nitrogens with zero attached hydrogens (tertiary/aromatic N) is 2. The van der Waals surface area contributed by atoms with Crippen molar-refractivity contribution >= 4 is 16.9 Å². The van der Waals surface area contributed by atoms with E-state index in [9.17, 15) is 4.79 Å². The van der Waals surface area contributed by atoms with Gasteiger partial charge in [0.05, 0.1) is 11.0 Å². The average molecular weight is 257 g/mol. The molecule has 0 saturated carbocycles. The van der Waals surface area contributed by atoms with Crippen LogP contribution in [0.3, 0.4) is 0 Å². The van der Waals surface area contributed by atoms with Crippen molar-refractivity contribution in [1.29, 1.82) is 0 Å². The van der Waals surface area contributed by atoms with Gasteiger partial charge in [0.1, 0.15) is 5.82 Å². The van der Waals surface area contributed by atoms with Crippen LogP contribution in [-0.4, -0.2) is 22.0 Å². The molecule has 1 amide bonds. The van der Waals surface area contributed by atoms with Crippen molar-refractivity contribution in [3.8, 4) is 0 Å². The number of amides is 1. The monoisotopic (exact) mass is 257 g/mol. The number of hydrogen-bond donors (Lipinski definition) is 1. The lowest BCUT2D eigenvalue weighted by Crippen LogP contribution is -2.23. The number of imidazole rings is 1. The van der Waals surface area contributed by atoms with Crippen LogP contribution in [0.1, 0.15) is 35.9 Å². The third-order valence-corrected chi connectivity index (χ3v) is 3.10. The first-order valence-corrected chi connectivity index (χ1v) is 6.40. The number of carbonyl (C=O) groups is 1. The molecule has 4 nitrogen and oxygen atoms in total. The van der Waals surface area contributed by atoms with Gasteiger partial charge in [0.15, 0.2) is 0 Å². The Morgan fingerprint density at radius 2 is 2.26 bits per heavy atom. The number of aryl methyl sites for hydroxylation is 1. The number of rotatable bonds is 4. The van der Waals surface area contributed by atoms with Crippen molar-refractivity contribution in [3.05, 3.63) is 42.2 Å². The molecule has 0 aliphatic rings. The molecule has 1 N–H and O–H groups in total. The Kier molecular flexibility index (Phi) is 3.69. The van der Waals surface area contributed by atoms with Gasteiger partial charge in [-0.05, 0) is 18.2 Å². The van der Waals surface area contributed by atoms with Crippen molar-refractivity contribution in [2.45, 2.75) is 19.8 Å². The molecular weight excluding hydrogens is 238 g/mol. The summed E-state index contributed by atoms with van der Waals surface area (Å²) in [5, 5.41) is 2.77. The van der Waals surface area contributed by atoms with E-state index in [4.69, 9.17) is 0 Å². The van der Waals surface area contributed by atoms with E-state index in [1.54, 1.807) is 6.08 Å². The smallest absolute Gasteiger partial charge is 0.251 e. The highest BCUT2D eigenvalue weighted by Crippen LogP contribution is 2.21. The summed E-state index contributed by atoms with van der Waals surface area (Å²) in [4.78, 5) is 16.5. The van der Waals surface area contributed by atoms with Crippen LogP contribution in [0.15, 0.2) is 30.9 Å². The molecule has 1 aromatic heterocycles. The molecule has 0 unspecified atom stereocenters. The summed E-state index contributed by atoms with van der Waals surface area (Å²) in [7, 11) is 2.00. The number of fused-ring (bicyclic) bond motifs is 1. The first-order chi connectivity index (χ1) is 9.04. The fourth-order valence-corrected chi connectivity index (χ4v) is 2.14. The summed E-state index contributed by atoms with van der Waals surface area (Å²) < 4.78 is 2.07. The zero-order valence-electron chi connectivity index (χ0n) is 11.6. The van der Waals surface area contributed by atoms with Gasteiger partial charge in [-0.15, -0.1) is 6.58 Å². The van der Waals surface area contributed by atoms with Crippen LogP contribution in [0.25, 0.3) is 11.0 Å². The normalized spacial score (nSPS) is 10.9. The fraction of sp³-hybridized carbons (Fsp3) is 0.333. The molecule has 4 heteroatoms. The minimum atomic E-state index is -0.0986. The Bertz CT molecular complexity index is 626. The molecule has 19 heavy (non-hydrogen) atoms. The second-order valence-electron chi connectivity index (χ2n) is 4.89. The van der Waals surface area contributed by atoms with E-state index in [-0.39, 0.29) is 5.91 Å². The molecule has 100 valence electrons. The highest BCUT2D eigenvalue weighted by atomic mass is 16.1. The van der Waals surface area contributed by atoms with Gasteiger partial charge < -0.3 is 9.88 Å². The van der Waals surface area contributed by atoms with Crippen LogP contribution in [0.4, 0.5) is 0 Å². The second kappa shape index (κ2) is 5.26. The molecule has 0 radical (unpaired) electrons. The van der Waals surface area contributed by atoms with Crippen molar-refractivity contribution in [2.75, 3.05) is 6.54 Å². The number of carbonyl (C=O) groups excluding carboxylic acids is 1. The van der Waals surface area contributed by atoms with E-state index < -0.39 is 0 Å². The molecule has 0 fully saturated rings. The molecule has 2 aromatic rings. The molecule has 0 saturated heterocycles. The maximum atomic E-state index is 11.9. The van der Waals surface area contributed by atoms with Crippen LogP contribution < -0.4 is 5.32 Å². The first kappa shape index (κ1) is 13.3. The lowest BCUT2D eigenvalue weighted by atomic mass is 10.2. The Hall–Kier alpha value is -2.10. The van der Waals surface area contributed by atoms with Crippen molar-refractivity contribution in [3.63, 3.8) is 0 Å². The van der Waals surface area contributed by atoms with Gasteiger partial charge in [-0.1, -0.05) is 19.9 Å². The minimum Gasteiger partial charge on any atom is -0.349 e. The largest absolute Gasteiger partial charge is 0.349 e. The lowest BCUT2D eigenvalue weighted by Gasteiger charge is -2.04. The zero-order valence-corrected chi connectivity index (χ0v) is 11.6. The maximum absolute atomic E-state index is 11.9. The van der Waals surface area contributed by atoms with Gasteiger partial charge in [-0.3, -0.25) is 4.79 Å². The summed E-state index contributed by atoms with van der Waals surface area (Å²) in [6, 6.07) is 5.60. The van der Waals surface area contributed by atoms with E-state index in [1.807, 2.05) is 25.2 Å². The van der Waals surface area contributed by atoms with Crippen molar-refractivity contribution in [1.82, 2.24) is 14.9 Å². The Balaban J connectivity index is 2.41. The van der Waals surface area contributed by atoms with Crippen LogP contribution in [-0.2, 0) is 7.05 Å². The number of aromatic nitrogens is 2. The molecule has 0 aliphatic carbocycles. The second-order valence-corrected chi connectivity index (χ2v) is 4.89. The van der Waals surface area contributed by atoms with Crippen molar-refractivity contribution in [2.24, 2.45) is 7.05 Å². The Morgan fingerprint density at radius 3 is 2.89 bits per heavy atom. The molecular formula is C15H19N3O. The Labute approximate surface area is 113 Å². The van der Waals surface area contributed by atoms with Gasteiger partial charge in [-0.25, -0.2) is 4.98 Å². The van der Waals surface area contributed by atoms with Crippen LogP contribution in [0.5, 0.6) is 0 Å². The Morgan fingerprint density at radius 1 is 1.53 bits per heavy atom. The van der Waals surface area contributed by atoms with E-state index in [1.165, 1.54) is 0 Å². The summed E-state index contributed by atoms with van der Waals surface area (Å²) in [6.45, 7) is 8.27.